The van der Waals surface area contributed by atoms with Gasteiger partial charge < -0.3 is 10.2 Å². The van der Waals surface area contributed by atoms with Gasteiger partial charge in [-0.05, 0) is 12.5 Å². The minimum atomic E-state index is 0.0567. The highest BCUT2D eigenvalue weighted by Crippen LogP contribution is 2.10. The van der Waals surface area contributed by atoms with Crippen molar-refractivity contribution in [3.05, 3.63) is 17.5 Å². The molecule has 0 atom stereocenters. The SMILES string of the molecule is CCc1cc(C(=O)N(C)C2CNC2)n(C)n1. The minimum Gasteiger partial charge on any atom is -0.335 e. The van der Waals surface area contributed by atoms with Gasteiger partial charge in [0.1, 0.15) is 5.69 Å². The Hall–Kier alpha value is -1.36. The molecule has 1 amide bonds. The Morgan fingerprint density at radius 1 is 1.69 bits per heavy atom. The third-order valence-corrected chi connectivity index (χ3v) is 3.14. The predicted molar refractivity (Wildman–Crippen MR) is 61.3 cm³/mol. The van der Waals surface area contributed by atoms with E-state index in [-0.39, 0.29) is 5.91 Å². The molecule has 0 radical (unpaired) electrons. The molecule has 88 valence electrons. The first kappa shape index (κ1) is 11.1. The molecule has 1 aromatic heterocycles. The van der Waals surface area contributed by atoms with E-state index in [0.29, 0.717) is 11.7 Å². The molecule has 1 N–H and O–H groups in total. The molecule has 0 spiro atoms. The molecule has 1 fully saturated rings. The number of nitrogens with zero attached hydrogens (tertiary/aromatic N) is 3. The molecular weight excluding hydrogens is 204 g/mol. The van der Waals surface area contributed by atoms with Gasteiger partial charge >= 0.3 is 0 Å². The van der Waals surface area contributed by atoms with Crippen molar-refractivity contribution in [3.63, 3.8) is 0 Å². The van der Waals surface area contributed by atoms with Gasteiger partial charge in [-0.3, -0.25) is 9.48 Å². The van der Waals surface area contributed by atoms with Crippen molar-refractivity contribution in [2.45, 2.75) is 19.4 Å². The maximum atomic E-state index is 12.2. The second kappa shape index (κ2) is 4.25. The van der Waals surface area contributed by atoms with Gasteiger partial charge in [0.05, 0.1) is 11.7 Å². The number of hydrogen-bond acceptors (Lipinski definition) is 3. The Bertz CT molecular complexity index is 395. The van der Waals surface area contributed by atoms with Gasteiger partial charge in [0.25, 0.3) is 5.91 Å². The molecule has 0 aromatic carbocycles. The maximum absolute atomic E-state index is 12.2. The van der Waals surface area contributed by atoms with Crippen molar-refractivity contribution >= 4 is 5.91 Å². The maximum Gasteiger partial charge on any atom is 0.272 e. The van der Waals surface area contributed by atoms with E-state index in [9.17, 15) is 4.79 Å². The fourth-order valence-electron chi connectivity index (χ4n) is 1.79. The smallest absolute Gasteiger partial charge is 0.272 e. The molecule has 2 heterocycles. The second-order valence-electron chi connectivity index (χ2n) is 4.23. The van der Waals surface area contributed by atoms with Gasteiger partial charge in [0.2, 0.25) is 0 Å². The molecule has 1 aliphatic heterocycles. The lowest BCUT2D eigenvalue weighted by atomic mass is 10.1. The molecule has 2 rings (SSSR count). The number of nitrogens with one attached hydrogen (secondary N) is 1. The Morgan fingerprint density at radius 3 is 2.81 bits per heavy atom. The number of carbonyl (C=O) groups is 1. The van der Waals surface area contributed by atoms with Crippen LogP contribution in [-0.2, 0) is 13.5 Å². The number of aromatic nitrogens is 2. The molecule has 1 aliphatic rings. The molecule has 5 heteroatoms. The van der Waals surface area contributed by atoms with E-state index in [1.165, 1.54) is 0 Å². The summed E-state index contributed by atoms with van der Waals surface area (Å²) >= 11 is 0. The van der Waals surface area contributed by atoms with Crippen LogP contribution in [0.5, 0.6) is 0 Å². The van der Waals surface area contributed by atoms with Crippen molar-refractivity contribution in [1.82, 2.24) is 20.0 Å². The first-order valence-corrected chi connectivity index (χ1v) is 5.64. The number of amides is 1. The third kappa shape index (κ3) is 1.82. The van der Waals surface area contributed by atoms with Gasteiger partial charge in [-0.25, -0.2) is 0 Å². The quantitative estimate of drug-likeness (QED) is 0.785. The summed E-state index contributed by atoms with van der Waals surface area (Å²) in [6, 6.07) is 2.21. The van der Waals surface area contributed by atoms with Crippen LogP contribution in [0.25, 0.3) is 0 Å². The normalized spacial score (nSPS) is 15.9. The first-order valence-electron chi connectivity index (χ1n) is 5.64. The summed E-state index contributed by atoms with van der Waals surface area (Å²) in [4.78, 5) is 14.0. The van der Waals surface area contributed by atoms with E-state index in [1.807, 2.05) is 27.1 Å². The fraction of sp³-hybridized carbons (Fsp3) is 0.636. The second-order valence-corrected chi connectivity index (χ2v) is 4.23. The van der Waals surface area contributed by atoms with Crippen molar-refractivity contribution in [2.24, 2.45) is 7.05 Å². The molecule has 1 aromatic rings. The standard InChI is InChI=1S/C11H18N4O/c1-4-8-5-10(15(3)13-8)11(16)14(2)9-6-12-7-9/h5,9,12H,4,6-7H2,1-3H3. The van der Waals surface area contributed by atoms with Crippen LogP contribution in [0.15, 0.2) is 6.07 Å². The first-order chi connectivity index (χ1) is 7.63. The van der Waals surface area contributed by atoms with Crippen LogP contribution in [0.3, 0.4) is 0 Å². The third-order valence-electron chi connectivity index (χ3n) is 3.14. The molecule has 1 saturated heterocycles. The number of hydrogen-bond donors (Lipinski definition) is 1. The van der Waals surface area contributed by atoms with Crippen molar-refractivity contribution < 1.29 is 4.79 Å². The van der Waals surface area contributed by atoms with E-state index in [4.69, 9.17) is 0 Å². The predicted octanol–water partition coefficient (Wildman–Crippen LogP) is 0.0263. The average molecular weight is 222 g/mol. The number of carbonyl (C=O) groups excluding carboxylic acids is 1. The number of likely N-dealkylation sites (N-methyl/N-ethyl adjacent to an activating group) is 1. The van der Waals surface area contributed by atoms with Crippen LogP contribution < -0.4 is 5.32 Å². The topological polar surface area (TPSA) is 50.2 Å². The summed E-state index contributed by atoms with van der Waals surface area (Å²) in [7, 11) is 3.67. The van der Waals surface area contributed by atoms with Crippen LogP contribution in [0.1, 0.15) is 23.1 Å². The lowest BCUT2D eigenvalue weighted by Gasteiger charge is -2.35. The van der Waals surface area contributed by atoms with Gasteiger partial charge in [-0.15, -0.1) is 0 Å². The zero-order chi connectivity index (χ0) is 11.7. The van der Waals surface area contributed by atoms with Crippen molar-refractivity contribution in [1.29, 1.82) is 0 Å². The molecule has 0 unspecified atom stereocenters. The van der Waals surface area contributed by atoms with Gasteiger partial charge in [0, 0.05) is 27.2 Å². The monoisotopic (exact) mass is 222 g/mol. The van der Waals surface area contributed by atoms with Crippen molar-refractivity contribution in [3.8, 4) is 0 Å². The van der Waals surface area contributed by atoms with Crippen LogP contribution >= 0.6 is 0 Å². The summed E-state index contributed by atoms with van der Waals surface area (Å²) in [5.41, 5.74) is 1.64. The van der Waals surface area contributed by atoms with Crippen LogP contribution in [-0.4, -0.2) is 46.8 Å². The highest BCUT2D eigenvalue weighted by Gasteiger charge is 2.27. The summed E-state index contributed by atoms with van der Waals surface area (Å²) in [5, 5.41) is 7.45. The molecule has 0 aliphatic carbocycles. The Labute approximate surface area is 95.4 Å². The summed E-state index contributed by atoms with van der Waals surface area (Å²) in [5.74, 6) is 0.0567. The molecular formula is C11H18N4O. The minimum absolute atomic E-state index is 0.0567. The largest absolute Gasteiger partial charge is 0.335 e. The molecule has 0 saturated carbocycles. The lowest BCUT2D eigenvalue weighted by molar-refractivity contribution is 0.0670. The Balaban J connectivity index is 2.15. The zero-order valence-electron chi connectivity index (χ0n) is 10.0. The van der Waals surface area contributed by atoms with Crippen LogP contribution in [0, 0.1) is 0 Å². The number of aryl methyl sites for hydroxylation is 2. The fourth-order valence-corrected chi connectivity index (χ4v) is 1.79. The molecule has 5 nitrogen and oxygen atoms in total. The van der Waals surface area contributed by atoms with Crippen molar-refractivity contribution in [2.75, 3.05) is 20.1 Å². The highest BCUT2D eigenvalue weighted by atomic mass is 16.2. The van der Waals surface area contributed by atoms with E-state index in [1.54, 1.807) is 9.58 Å². The Kier molecular flexibility index (Phi) is 2.96. The average Bonchev–Trinajstić information content (AvgIpc) is 2.56. The summed E-state index contributed by atoms with van der Waals surface area (Å²) in [6.07, 6.45) is 0.857. The van der Waals surface area contributed by atoms with Gasteiger partial charge in [0.15, 0.2) is 0 Å². The highest BCUT2D eigenvalue weighted by molar-refractivity contribution is 5.92. The van der Waals surface area contributed by atoms with E-state index in [2.05, 4.69) is 10.4 Å². The molecule has 16 heavy (non-hydrogen) atoms. The van der Waals surface area contributed by atoms with Crippen LogP contribution in [0.2, 0.25) is 0 Å². The van der Waals surface area contributed by atoms with E-state index < -0.39 is 0 Å². The van der Waals surface area contributed by atoms with Crippen LogP contribution in [0.4, 0.5) is 0 Å². The van der Waals surface area contributed by atoms with E-state index >= 15 is 0 Å². The van der Waals surface area contributed by atoms with Gasteiger partial charge in [-0.2, -0.15) is 5.10 Å². The van der Waals surface area contributed by atoms with Gasteiger partial charge in [-0.1, -0.05) is 6.92 Å². The summed E-state index contributed by atoms with van der Waals surface area (Å²) < 4.78 is 1.67. The lowest BCUT2D eigenvalue weighted by Crippen LogP contribution is -2.57. The molecule has 0 bridgehead atoms. The Morgan fingerprint density at radius 2 is 2.38 bits per heavy atom. The zero-order valence-corrected chi connectivity index (χ0v) is 10.0. The van der Waals surface area contributed by atoms with E-state index in [0.717, 1.165) is 25.2 Å². The number of rotatable bonds is 3. The summed E-state index contributed by atoms with van der Waals surface area (Å²) in [6.45, 7) is 3.82.